The second kappa shape index (κ2) is 5.32. The van der Waals surface area contributed by atoms with Gasteiger partial charge in [-0.15, -0.1) is 0 Å². The first kappa shape index (κ1) is 13.2. The molecule has 106 valence electrons. The smallest absolute Gasteiger partial charge is 0.358 e. The van der Waals surface area contributed by atoms with Crippen molar-refractivity contribution in [2.75, 3.05) is 14.2 Å². The Kier molecular flexibility index (Phi) is 3.36. The van der Waals surface area contributed by atoms with Crippen molar-refractivity contribution in [1.29, 1.82) is 0 Å². The quantitative estimate of drug-likeness (QED) is 0.691. The third-order valence-corrected chi connectivity index (χ3v) is 3.43. The van der Waals surface area contributed by atoms with Crippen LogP contribution in [0, 0.1) is 0 Å². The van der Waals surface area contributed by atoms with Gasteiger partial charge in [0.05, 0.1) is 19.7 Å². The van der Waals surface area contributed by atoms with Crippen LogP contribution in [0.15, 0.2) is 54.6 Å². The minimum atomic E-state index is -0.424. The second-order valence-corrected chi connectivity index (χ2v) is 4.56. The van der Waals surface area contributed by atoms with Crippen molar-refractivity contribution < 1.29 is 14.3 Å². The van der Waals surface area contributed by atoms with Crippen molar-refractivity contribution in [3.8, 4) is 11.4 Å². The first-order chi connectivity index (χ1) is 10.3. The van der Waals surface area contributed by atoms with E-state index in [-0.39, 0.29) is 0 Å². The molecule has 3 rings (SSSR count). The fourth-order valence-electron chi connectivity index (χ4n) is 2.54. The molecule has 0 aliphatic heterocycles. The van der Waals surface area contributed by atoms with E-state index in [0.29, 0.717) is 11.4 Å². The molecule has 4 heteroatoms. The summed E-state index contributed by atoms with van der Waals surface area (Å²) in [6.45, 7) is 0. The molecule has 0 aliphatic carbocycles. The fourth-order valence-corrected chi connectivity index (χ4v) is 2.54. The van der Waals surface area contributed by atoms with Crippen LogP contribution in [0.25, 0.3) is 16.6 Å². The standard InChI is InChI=1S/C17H15NO3/c1-20-16-13-10-6-7-11-14(13)18(15(16)17(19)21-2)12-8-4-3-5-9-12/h3-11H,1-2H3. The normalized spacial score (nSPS) is 10.6. The number of benzene rings is 2. The Balaban J connectivity index is 2.43. The van der Waals surface area contributed by atoms with Gasteiger partial charge in [0.2, 0.25) is 0 Å². The van der Waals surface area contributed by atoms with Gasteiger partial charge < -0.3 is 14.0 Å². The highest BCUT2D eigenvalue weighted by Gasteiger charge is 2.24. The number of fused-ring (bicyclic) bond motifs is 1. The lowest BCUT2D eigenvalue weighted by atomic mass is 10.2. The molecule has 0 saturated heterocycles. The van der Waals surface area contributed by atoms with Crippen molar-refractivity contribution in [3.05, 3.63) is 60.3 Å². The minimum Gasteiger partial charge on any atom is -0.494 e. The molecule has 0 bridgehead atoms. The number of carbonyl (C=O) groups excluding carboxylic acids is 1. The topological polar surface area (TPSA) is 40.5 Å². The van der Waals surface area contributed by atoms with Crippen molar-refractivity contribution in [3.63, 3.8) is 0 Å². The molecule has 0 aliphatic rings. The number of rotatable bonds is 3. The molecule has 0 N–H and O–H groups in total. The van der Waals surface area contributed by atoms with E-state index in [1.54, 1.807) is 7.11 Å². The maximum absolute atomic E-state index is 12.2. The van der Waals surface area contributed by atoms with Crippen LogP contribution < -0.4 is 4.74 Å². The highest BCUT2D eigenvalue weighted by Crippen LogP contribution is 2.35. The maximum atomic E-state index is 12.2. The summed E-state index contributed by atoms with van der Waals surface area (Å²) in [6.07, 6.45) is 0. The lowest BCUT2D eigenvalue weighted by Crippen LogP contribution is -2.10. The summed E-state index contributed by atoms with van der Waals surface area (Å²) in [5, 5.41) is 0.879. The Morgan fingerprint density at radius 3 is 2.29 bits per heavy atom. The maximum Gasteiger partial charge on any atom is 0.358 e. The summed E-state index contributed by atoms with van der Waals surface area (Å²) in [4.78, 5) is 12.2. The molecule has 0 amide bonds. The summed E-state index contributed by atoms with van der Waals surface area (Å²) >= 11 is 0. The van der Waals surface area contributed by atoms with E-state index in [2.05, 4.69) is 0 Å². The zero-order chi connectivity index (χ0) is 14.8. The lowest BCUT2D eigenvalue weighted by Gasteiger charge is -2.09. The number of nitrogens with zero attached hydrogens (tertiary/aromatic N) is 1. The van der Waals surface area contributed by atoms with Crippen LogP contribution in [0.4, 0.5) is 0 Å². The molecule has 0 atom stereocenters. The van der Waals surface area contributed by atoms with E-state index in [1.807, 2.05) is 59.2 Å². The van der Waals surface area contributed by atoms with E-state index in [0.717, 1.165) is 16.6 Å². The SMILES string of the molecule is COC(=O)c1c(OC)c2ccccc2n1-c1ccccc1. The van der Waals surface area contributed by atoms with Crippen LogP contribution in [0.5, 0.6) is 5.75 Å². The van der Waals surface area contributed by atoms with Crippen LogP contribution in [0.2, 0.25) is 0 Å². The van der Waals surface area contributed by atoms with Gasteiger partial charge in [-0.3, -0.25) is 0 Å². The third kappa shape index (κ3) is 2.05. The molecule has 21 heavy (non-hydrogen) atoms. The molecule has 0 saturated carbocycles. The molecule has 1 heterocycles. The average molecular weight is 281 g/mol. The van der Waals surface area contributed by atoms with Gasteiger partial charge in [-0.05, 0) is 24.3 Å². The summed E-state index contributed by atoms with van der Waals surface area (Å²) in [6, 6.07) is 17.4. The van der Waals surface area contributed by atoms with Gasteiger partial charge >= 0.3 is 5.97 Å². The van der Waals surface area contributed by atoms with Gasteiger partial charge in [0.1, 0.15) is 0 Å². The van der Waals surface area contributed by atoms with Gasteiger partial charge in [0.15, 0.2) is 11.4 Å². The number of aromatic nitrogens is 1. The van der Waals surface area contributed by atoms with Crippen molar-refractivity contribution >= 4 is 16.9 Å². The summed E-state index contributed by atoms with van der Waals surface area (Å²) in [5.74, 6) is 0.105. The summed E-state index contributed by atoms with van der Waals surface area (Å²) < 4.78 is 12.3. The van der Waals surface area contributed by atoms with Gasteiger partial charge in [0, 0.05) is 11.1 Å². The van der Waals surface area contributed by atoms with E-state index < -0.39 is 5.97 Å². The Morgan fingerprint density at radius 1 is 0.952 bits per heavy atom. The monoisotopic (exact) mass is 281 g/mol. The molecular weight excluding hydrogens is 266 g/mol. The van der Waals surface area contributed by atoms with Crippen LogP contribution in [-0.4, -0.2) is 24.8 Å². The summed E-state index contributed by atoms with van der Waals surface area (Å²) in [7, 11) is 2.93. The molecule has 0 spiro atoms. The van der Waals surface area contributed by atoms with Crippen LogP contribution >= 0.6 is 0 Å². The first-order valence-electron chi connectivity index (χ1n) is 6.59. The minimum absolute atomic E-state index is 0.396. The third-order valence-electron chi connectivity index (χ3n) is 3.43. The number of ether oxygens (including phenoxy) is 2. The Morgan fingerprint density at radius 2 is 1.62 bits per heavy atom. The first-order valence-corrected chi connectivity index (χ1v) is 6.59. The van der Waals surface area contributed by atoms with Gasteiger partial charge in [-0.2, -0.15) is 0 Å². The van der Waals surface area contributed by atoms with Gasteiger partial charge in [-0.25, -0.2) is 4.79 Å². The van der Waals surface area contributed by atoms with E-state index >= 15 is 0 Å². The lowest BCUT2D eigenvalue weighted by molar-refractivity contribution is 0.0588. The molecule has 1 aromatic heterocycles. The number of para-hydroxylation sites is 2. The Hall–Kier alpha value is -2.75. The van der Waals surface area contributed by atoms with Crippen molar-refractivity contribution in [2.24, 2.45) is 0 Å². The van der Waals surface area contributed by atoms with Gasteiger partial charge in [0.25, 0.3) is 0 Å². The molecule has 0 unspecified atom stereocenters. The van der Waals surface area contributed by atoms with Crippen molar-refractivity contribution in [1.82, 2.24) is 4.57 Å². The van der Waals surface area contributed by atoms with E-state index in [9.17, 15) is 4.79 Å². The number of hydrogen-bond donors (Lipinski definition) is 0. The zero-order valence-electron chi connectivity index (χ0n) is 11.9. The molecule has 4 nitrogen and oxygen atoms in total. The number of carbonyl (C=O) groups is 1. The largest absolute Gasteiger partial charge is 0.494 e. The molecule has 3 aromatic rings. The summed E-state index contributed by atoms with van der Waals surface area (Å²) in [5.41, 5.74) is 2.19. The second-order valence-electron chi connectivity index (χ2n) is 4.56. The predicted molar refractivity (Wildman–Crippen MR) is 81.2 cm³/mol. The molecule has 0 fully saturated rings. The molecular formula is C17H15NO3. The van der Waals surface area contributed by atoms with Crippen LogP contribution in [-0.2, 0) is 4.74 Å². The predicted octanol–water partition coefficient (Wildman–Crippen LogP) is 3.43. The number of hydrogen-bond acceptors (Lipinski definition) is 3. The van der Waals surface area contributed by atoms with E-state index in [4.69, 9.17) is 9.47 Å². The fraction of sp³-hybridized carbons (Fsp3) is 0.118. The Bertz CT molecular complexity index is 790. The molecule has 2 aromatic carbocycles. The van der Waals surface area contributed by atoms with Crippen LogP contribution in [0.3, 0.4) is 0 Å². The molecule has 0 radical (unpaired) electrons. The van der Waals surface area contributed by atoms with Crippen LogP contribution in [0.1, 0.15) is 10.5 Å². The number of esters is 1. The Labute approximate surface area is 122 Å². The average Bonchev–Trinajstić information content (AvgIpc) is 2.89. The highest BCUT2D eigenvalue weighted by atomic mass is 16.5. The number of methoxy groups -OCH3 is 2. The van der Waals surface area contributed by atoms with Crippen molar-refractivity contribution in [2.45, 2.75) is 0 Å². The van der Waals surface area contributed by atoms with Gasteiger partial charge in [-0.1, -0.05) is 30.3 Å². The highest BCUT2D eigenvalue weighted by molar-refractivity contribution is 6.03. The zero-order valence-corrected chi connectivity index (χ0v) is 11.9. The van der Waals surface area contributed by atoms with E-state index in [1.165, 1.54) is 7.11 Å².